The van der Waals surface area contributed by atoms with Gasteiger partial charge in [0.05, 0.1) is 5.69 Å². The van der Waals surface area contributed by atoms with Crippen LogP contribution in [0.1, 0.15) is 52.7 Å². The van der Waals surface area contributed by atoms with Crippen molar-refractivity contribution in [1.82, 2.24) is 4.98 Å². The molecule has 1 nitrogen and oxygen atoms in total. The maximum Gasteiger partial charge on any atom is 0.0702 e. The van der Waals surface area contributed by atoms with Crippen molar-refractivity contribution in [2.45, 2.75) is 52.4 Å². The molecule has 1 aromatic heterocycles. The van der Waals surface area contributed by atoms with Gasteiger partial charge in [-0.15, -0.1) is 0 Å². The Labute approximate surface area is 228 Å². The van der Waals surface area contributed by atoms with Gasteiger partial charge in [-0.05, 0) is 74.0 Å². The fraction of sp³-hybridized carbons (Fsp3) is 0.216. The van der Waals surface area contributed by atoms with Gasteiger partial charge < -0.3 is 0 Å². The minimum Gasteiger partial charge on any atom is -0.256 e. The van der Waals surface area contributed by atoms with Crippen molar-refractivity contribution in [2.24, 2.45) is 0 Å². The Morgan fingerprint density at radius 3 is 1.21 bits per heavy atom. The lowest BCUT2D eigenvalue weighted by Crippen LogP contribution is -2.10. The molecule has 5 aromatic rings. The van der Waals surface area contributed by atoms with Crippen LogP contribution in [0.3, 0.4) is 0 Å². The van der Waals surface area contributed by atoms with Gasteiger partial charge >= 0.3 is 0 Å². The van der Waals surface area contributed by atoms with E-state index in [0.29, 0.717) is 0 Å². The molecular formula is C37H37N. The van der Waals surface area contributed by atoms with E-state index >= 15 is 0 Å². The van der Waals surface area contributed by atoms with E-state index in [2.05, 4.69) is 145 Å². The zero-order valence-corrected chi connectivity index (χ0v) is 23.4. The van der Waals surface area contributed by atoms with Crippen molar-refractivity contribution in [1.29, 1.82) is 0 Å². The molecule has 5 rings (SSSR count). The van der Waals surface area contributed by atoms with Gasteiger partial charge in [0.1, 0.15) is 0 Å². The Hall–Kier alpha value is -3.97. The molecule has 0 bridgehead atoms. The van der Waals surface area contributed by atoms with Crippen LogP contribution < -0.4 is 0 Å². The summed E-state index contributed by atoms with van der Waals surface area (Å²) < 4.78 is 0. The highest BCUT2D eigenvalue weighted by Gasteiger charge is 2.15. The molecule has 4 aromatic carbocycles. The minimum absolute atomic E-state index is 0.131. The molecule has 1 heterocycles. The Bertz CT molecular complexity index is 1440. The first-order chi connectivity index (χ1) is 18.1. The van der Waals surface area contributed by atoms with E-state index in [9.17, 15) is 0 Å². The van der Waals surface area contributed by atoms with Crippen LogP contribution in [0.15, 0.2) is 115 Å². The zero-order valence-electron chi connectivity index (χ0n) is 23.4. The molecule has 0 aliphatic carbocycles. The first-order valence-corrected chi connectivity index (χ1v) is 13.5. The summed E-state index contributed by atoms with van der Waals surface area (Å²) in [5, 5.41) is 0. The largest absolute Gasteiger partial charge is 0.256 e. The van der Waals surface area contributed by atoms with Crippen LogP contribution in [0.25, 0.3) is 44.6 Å². The van der Waals surface area contributed by atoms with E-state index in [0.717, 1.165) is 16.8 Å². The van der Waals surface area contributed by atoms with Crippen LogP contribution in [0.5, 0.6) is 0 Å². The van der Waals surface area contributed by atoms with Crippen molar-refractivity contribution in [3.63, 3.8) is 0 Å². The van der Waals surface area contributed by atoms with Gasteiger partial charge in [-0.25, -0.2) is 0 Å². The summed E-state index contributed by atoms with van der Waals surface area (Å²) in [7, 11) is 0. The summed E-state index contributed by atoms with van der Waals surface area (Å²) in [5.41, 5.74) is 12.2. The minimum atomic E-state index is 0.131. The highest BCUT2D eigenvalue weighted by atomic mass is 14.7. The molecule has 0 fully saturated rings. The second kappa shape index (κ2) is 10.1. The third-order valence-electron chi connectivity index (χ3n) is 7.27. The predicted octanol–water partition coefficient (Wildman–Crippen LogP) is 10.3. The van der Waals surface area contributed by atoms with Crippen LogP contribution in [0.4, 0.5) is 0 Å². The van der Waals surface area contributed by atoms with Crippen LogP contribution in [-0.2, 0) is 10.8 Å². The van der Waals surface area contributed by atoms with Crippen molar-refractivity contribution in [2.75, 3.05) is 0 Å². The molecule has 0 saturated heterocycles. The molecule has 0 saturated carbocycles. The summed E-state index contributed by atoms with van der Waals surface area (Å²) >= 11 is 0. The van der Waals surface area contributed by atoms with Crippen LogP contribution in [0, 0.1) is 0 Å². The number of rotatable bonds is 4. The molecule has 1 heteroatoms. The number of hydrogen-bond acceptors (Lipinski definition) is 1. The fourth-order valence-corrected chi connectivity index (χ4v) is 4.80. The summed E-state index contributed by atoms with van der Waals surface area (Å²) in [6.45, 7) is 13.5. The van der Waals surface area contributed by atoms with Gasteiger partial charge in [-0.2, -0.15) is 0 Å². The van der Waals surface area contributed by atoms with E-state index in [-0.39, 0.29) is 10.8 Å². The van der Waals surface area contributed by atoms with Crippen LogP contribution >= 0.6 is 0 Å². The van der Waals surface area contributed by atoms with Crippen molar-refractivity contribution < 1.29 is 0 Å². The fourth-order valence-electron chi connectivity index (χ4n) is 4.80. The molecule has 0 amide bonds. The Kier molecular flexibility index (Phi) is 6.80. The normalized spacial score (nSPS) is 11.9. The van der Waals surface area contributed by atoms with Gasteiger partial charge in [0.2, 0.25) is 0 Å². The first-order valence-electron chi connectivity index (χ1n) is 13.5. The standard InChI is InChI=1S/C37H37N/c1-36(2,3)33-17-12-26(13-18-33)30-22-31(27-14-19-34(20-15-27)37(4,5)6)24-32(23-30)29-16-21-35(38-25-29)28-10-8-7-9-11-28/h7-25H,1-6H3. The van der Waals surface area contributed by atoms with Gasteiger partial charge in [0.25, 0.3) is 0 Å². The van der Waals surface area contributed by atoms with Gasteiger partial charge in [-0.1, -0.05) is 126 Å². The summed E-state index contributed by atoms with van der Waals surface area (Å²) in [6, 6.07) is 39.6. The highest BCUT2D eigenvalue weighted by Crippen LogP contribution is 2.35. The average molecular weight is 496 g/mol. The van der Waals surface area contributed by atoms with E-state index in [4.69, 9.17) is 4.98 Å². The van der Waals surface area contributed by atoms with E-state index in [1.54, 1.807) is 0 Å². The molecule has 0 N–H and O–H groups in total. The topological polar surface area (TPSA) is 12.9 Å². The maximum absolute atomic E-state index is 4.81. The number of nitrogens with zero attached hydrogens (tertiary/aromatic N) is 1. The summed E-state index contributed by atoms with van der Waals surface area (Å²) in [6.07, 6.45) is 2.00. The SMILES string of the molecule is CC(C)(C)c1ccc(-c2cc(-c3ccc(C(C)(C)C)cc3)cc(-c3ccc(-c4ccccc4)nc3)c2)cc1. The smallest absolute Gasteiger partial charge is 0.0702 e. The Morgan fingerprint density at radius 2 is 0.816 bits per heavy atom. The Balaban J connectivity index is 1.59. The van der Waals surface area contributed by atoms with Gasteiger partial charge in [0.15, 0.2) is 0 Å². The molecule has 0 atom stereocenters. The zero-order chi connectivity index (χ0) is 26.9. The molecule has 190 valence electrons. The van der Waals surface area contributed by atoms with Crippen LogP contribution in [0.2, 0.25) is 0 Å². The third-order valence-corrected chi connectivity index (χ3v) is 7.27. The molecular weight excluding hydrogens is 458 g/mol. The quantitative estimate of drug-likeness (QED) is 0.242. The Morgan fingerprint density at radius 1 is 0.395 bits per heavy atom. The summed E-state index contributed by atoms with van der Waals surface area (Å²) in [4.78, 5) is 4.81. The third kappa shape index (κ3) is 5.63. The second-order valence-corrected chi connectivity index (χ2v) is 12.3. The maximum atomic E-state index is 4.81. The summed E-state index contributed by atoms with van der Waals surface area (Å²) in [5.74, 6) is 0. The van der Waals surface area contributed by atoms with E-state index < -0.39 is 0 Å². The van der Waals surface area contributed by atoms with Crippen molar-refractivity contribution >= 4 is 0 Å². The molecule has 38 heavy (non-hydrogen) atoms. The van der Waals surface area contributed by atoms with E-state index in [1.165, 1.54) is 38.9 Å². The van der Waals surface area contributed by atoms with Crippen molar-refractivity contribution in [3.05, 3.63) is 127 Å². The lowest BCUT2D eigenvalue weighted by Gasteiger charge is -2.20. The number of aromatic nitrogens is 1. The van der Waals surface area contributed by atoms with E-state index in [1.807, 2.05) is 12.3 Å². The van der Waals surface area contributed by atoms with Gasteiger partial charge in [-0.3, -0.25) is 4.98 Å². The number of pyridine rings is 1. The second-order valence-electron chi connectivity index (χ2n) is 12.3. The monoisotopic (exact) mass is 495 g/mol. The van der Waals surface area contributed by atoms with Crippen molar-refractivity contribution in [3.8, 4) is 44.6 Å². The molecule has 0 unspecified atom stereocenters. The lowest BCUT2D eigenvalue weighted by molar-refractivity contribution is 0.590. The molecule has 0 spiro atoms. The average Bonchev–Trinajstić information content (AvgIpc) is 2.92. The predicted molar refractivity (Wildman–Crippen MR) is 163 cm³/mol. The number of benzene rings is 4. The molecule has 0 aliphatic heterocycles. The number of hydrogen-bond donors (Lipinski definition) is 0. The van der Waals surface area contributed by atoms with Gasteiger partial charge in [0, 0.05) is 17.3 Å². The molecule has 0 radical (unpaired) electrons. The highest BCUT2D eigenvalue weighted by molar-refractivity contribution is 5.81. The first kappa shape index (κ1) is 25.7. The molecule has 0 aliphatic rings. The lowest BCUT2D eigenvalue weighted by atomic mass is 9.85. The van der Waals surface area contributed by atoms with Crippen LogP contribution in [-0.4, -0.2) is 4.98 Å².